The zero-order valence-corrected chi connectivity index (χ0v) is 11.3. The average molecular weight is 283 g/mol. The summed E-state index contributed by atoms with van der Waals surface area (Å²) in [7, 11) is 3.17. The van der Waals surface area contributed by atoms with Gasteiger partial charge in [0.15, 0.2) is 0 Å². The van der Waals surface area contributed by atoms with Crippen LogP contribution >= 0.6 is 22.3 Å². The van der Waals surface area contributed by atoms with Crippen LogP contribution in [0.1, 0.15) is 11.1 Å². The molecular formula is C10H12Cl2O3S. The van der Waals surface area contributed by atoms with Crippen molar-refractivity contribution >= 4 is 31.3 Å². The number of rotatable bonds is 4. The summed E-state index contributed by atoms with van der Waals surface area (Å²) >= 11 is 5.99. The van der Waals surface area contributed by atoms with Gasteiger partial charge in [-0.25, -0.2) is 8.42 Å². The molecule has 0 saturated carbocycles. The van der Waals surface area contributed by atoms with Gasteiger partial charge < -0.3 is 4.74 Å². The van der Waals surface area contributed by atoms with Gasteiger partial charge in [-0.15, -0.1) is 0 Å². The lowest BCUT2D eigenvalue weighted by molar-refractivity contribution is 0.407. The quantitative estimate of drug-likeness (QED) is 0.798. The fourth-order valence-corrected chi connectivity index (χ4v) is 2.38. The Balaban J connectivity index is 3.07. The minimum atomic E-state index is -3.52. The molecule has 0 fully saturated rings. The fraction of sp³-hybridized carbons (Fsp3) is 0.400. The molecule has 3 nitrogen and oxygen atoms in total. The molecule has 0 atom stereocenters. The highest BCUT2D eigenvalue weighted by molar-refractivity contribution is 8.13. The van der Waals surface area contributed by atoms with Crippen LogP contribution in [0, 0.1) is 6.92 Å². The molecule has 1 aromatic rings. The first kappa shape index (κ1) is 13.6. The van der Waals surface area contributed by atoms with Crippen LogP contribution in [0.4, 0.5) is 0 Å². The summed E-state index contributed by atoms with van der Waals surface area (Å²) in [6.45, 7) is 1.87. The Labute approximate surface area is 105 Å². The summed E-state index contributed by atoms with van der Waals surface area (Å²) in [4.78, 5) is 0. The highest BCUT2D eigenvalue weighted by atomic mass is 35.7. The summed E-state index contributed by atoms with van der Waals surface area (Å²) < 4.78 is 27.0. The number of ether oxygens (including phenoxy) is 1. The lowest BCUT2D eigenvalue weighted by Gasteiger charge is -2.12. The highest BCUT2D eigenvalue weighted by Crippen LogP contribution is 2.30. The summed E-state index contributed by atoms with van der Waals surface area (Å²) in [6, 6.07) is 3.54. The lowest BCUT2D eigenvalue weighted by atomic mass is 10.1. The van der Waals surface area contributed by atoms with E-state index >= 15 is 0 Å². The molecule has 0 bridgehead atoms. The Hall–Kier alpha value is -0.450. The topological polar surface area (TPSA) is 43.4 Å². The van der Waals surface area contributed by atoms with Crippen molar-refractivity contribution in [2.24, 2.45) is 0 Å². The van der Waals surface area contributed by atoms with E-state index in [-0.39, 0.29) is 12.2 Å². The molecule has 0 spiro atoms. The van der Waals surface area contributed by atoms with E-state index in [1.165, 1.54) is 7.11 Å². The fourth-order valence-electron chi connectivity index (χ4n) is 1.46. The Morgan fingerprint density at radius 2 is 2.00 bits per heavy atom. The Bertz CT molecular complexity index is 483. The molecule has 0 saturated heterocycles. The van der Waals surface area contributed by atoms with Crippen LogP contribution in [0.5, 0.6) is 5.75 Å². The predicted molar refractivity (Wildman–Crippen MR) is 66.1 cm³/mol. The van der Waals surface area contributed by atoms with Gasteiger partial charge in [-0.3, -0.25) is 0 Å². The standard InChI is InChI=1S/C10H12Cl2O3S/c1-7-3-4-9(11)8(10(7)15-2)5-6-16(12,13)14/h3-4H,5-6H2,1-2H3. The van der Waals surface area contributed by atoms with Crippen LogP contribution in [0.25, 0.3) is 0 Å². The third kappa shape index (κ3) is 3.54. The Morgan fingerprint density at radius 3 is 2.50 bits per heavy atom. The van der Waals surface area contributed by atoms with Gasteiger partial charge in [0.25, 0.3) is 0 Å². The molecule has 16 heavy (non-hydrogen) atoms. The molecule has 1 rings (SSSR count). The molecule has 90 valence electrons. The summed E-state index contributed by atoms with van der Waals surface area (Å²) in [5.74, 6) is 0.460. The monoisotopic (exact) mass is 282 g/mol. The van der Waals surface area contributed by atoms with Crippen LogP contribution < -0.4 is 4.74 Å². The van der Waals surface area contributed by atoms with Crippen molar-refractivity contribution in [3.05, 3.63) is 28.3 Å². The number of hydrogen-bond donors (Lipinski definition) is 0. The van der Waals surface area contributed by atoms with E-state index in [1.807, 2.05) is 13.0 Å². The second-order valence-electron chi connectivity index (χ2n) is 3.37. The number of halogens is 2. The average Bonchev–Trinajstić information content (AvgIpc) is 2.17. The van der Waals surface area contributed by atoms with Gasteiger partial charge in [0.1, 0.15) is 5.75 Å². The van der Waals surface area contributed by atoms with Crippen LogP contribution in [0.15, 0.2) is 12.1 Å². The third-order valence-corrected chi connectivity index (χ3v) is 3.71. The molecule has 0 N–H and O–H groups in total. The van der Waals surface area contributed by atoms with E-state index in [0.717, 1.165) is 5.56 Å². The second kappa shape index (κ2) is 5.25. The molecule has 0 aliphatic heterocycles. The molecular weight excluding hydrogens is 271 g/mol. The summed E-state index contributed by atoms with van der Waals surface area (Å²) in [5, 5.41) is 0.489. The van der Waals surface area contributed by atoms with Crippen molar-refractivity contribution < 1.29 is 13.2 Å². The Morgan fingerprint density at radius 1 is 1.38 bits per heavy atom. The van der Waals surface area contributed by atoms with Crippen LogP contribution in [0.3, 0.4) is 0 Å². The van der Waals surface area contributed by atoms with Crippen molar-refractivity contribution in [3.8, 4) is 5.75 Å². The maximum Gasteiger partial charge on any atom is 0.232 e. The SMILES string of the molecule is COc1c(C)ccc(Cl)c1CCS(=O)(=O)Cl. The molecule has 0 aliphatic rings. The second-order valence-corrected chi connectivity index (χ2v) is 6.67. The largest absolute Gasteiger partial charge is 0.496 e. The van der Waals surface area contributed by atoms with Gasteiger partial charge >= 0.3 is 0 Å². The zero-order valence-electron chi connectivity index (χ0n) is 8.96. The van der Waals surface area contributed by atoms with E-state index in [1.54, 1.807) is 6.07 Å². The first-order valence-electron chi connectivity index (χ1n) is 4.59. The first-order valence-corrected chi connectivity index (χ1v) is 7.45. The van der Waals surface area contributed by atoms with Gasteiger partial charge in [0.05, 0.1) is 12.9 Å². The molecule has 6 heteroatoms. The zero-order chi connectivity index (χ0) is 12.3. The molecule has 0 aromatic heterocycles. The van der Waals surface area contributed by atoms with Crippen molar-refractivity contribution in [3.63, 3.8) is 0 Å². The van der Waals surface area contributed by atoms with Gasteiger partial charge in [0, 0.05) is 21.3 Å². The molecule has 0 heterocycles. The van der Waals surface area contributed by atoms with Crippen molar-refractivity contribution in [1.29, 1.82) is 0 Å². The number of hydrogen-bond acceptors (Lipinski definition) is 3. The van der Waals surface area contributed by atoms with Gasteiger partial charge in [-0.05, 0) is 25.0 Å². The molecule has 0 radical (unpaired) electrons. The van der Waals surface area contributed by atoms with Crippen LogP contribution in [0.2, 0.25) is 5.02 Å². The van der Waals surface area contributed by atoms with Gasteiger partial charge in [-0.1, -0.05) is 17.7 Å². The minimum Gasteiger partial charge on any atom is -0.496 e. The third-order valence-electron chi connectivity index (χ3n) is 2.20. The minimum absolute atomic E-state index is 0.159. The molecule has 1 aromatic carbocycles. The maximum atomic E-state index is 10.9. The van der Waals surface area contributed by atoms with Crippen LogP contribution in [-0.4, -0.2) is 21.3 Å². The normalized spacial score (nSPS) is 11.5. The highest BCUT2D eigenvalue weighted by Gasteiger charge is 2.14. The Kier molecular flexibility index (Phi) is 4.47. The van der Waals surface area contributed by atoms with E-state index in [2.05, 4.69) is 0 Å². The predicted octanol–water partition coefficient (Wildman–Crippen LogP) is 2.77. The maximum absolute atomic E-state index is 10.9. The van der Waals surface area contributed by atoms with Crippen molar-refractivity contribution in [1.82, 2.24) is 0 Å². The molecule has 0 aliphatic carbocycles. The summed E-state index contributed by atoms with van der Waals surface area (Å²) in [5.41, 5.74) is 1.59. The molecule has 0 amide bonds. The van der Waals surface area contributed by atoms with Gasteiger partial charge in [-0.2, -0.15) is 0 Å². The number of aryl methyl sites for hydroxylation is 1. The van der Waals surface area contributed by atoms with Crippen molar-refractivity contribution in [2.75, 3.05) is 12.9 Å². The van der Waals surface area contributed by atoms with Gasteiger partial charge in [0.2, 0.25) is 9.05 Å². The van der Waals surface area contributed by atoms with Crippen molar-refractivity contribution in [2.45, 2.75) is 13.3 Å². The van der Waals surface area contributed by atoms with E-state index in [9.17, 15) is 8.42 Å². The van der Waals surface area contributed by atoms with E-state index in [0.29, 0.717) is 16.3 Å². The number of methoxy groups -OCH3 is 1. The van der Waals surface area contributed by atoms with E-state index in [4.69, 9.17) is 27.0 Å². The molecule has 0 unspecified atom stereocenters. The first-order chi connectivity index (χ1) is 7.35. The lowest BCUT2D eigenvalue weighted by Crippen LogP contribution is -2.04. The summed E-state index contributed by atoms with van der Waals surface area (Å²) in [6.07, 6.45) is 0.246. The van der Waals surface area contributed by atoms with E-state index < -0.39 is 9.05 Å². The van der Waals surface area contributed by atoms with Crippen LogP contribution in [-0.2, 0) is 15.5 Å². The smallest absolute Gasteiger partial charge is 0.232 e. The number of benzene rings is 1.